The Balaban J connectivity index is 4.19. The summed E-state index contributed by atoms with van der Waals surface area (Å²) in [5.74, 6) is -0.213. The molecule has 0 fully saturated rings. The fourth-order valence-electron chi connectivity index (χ4n) is 0.744. The van der Waals surface area contributed by atoms with Crippen LogP contribution in [0.1, 0.15) is 19.8 Å². The molecule has 0 saturated carbocycles. The maximum absolute atomic E-state index is 10.9. The van der Waals surface area contributed by atoms with Crippen LogP contribution in [0.2, 0.25) is 0 Å². The van der Waals surface area contributed by atoms with Gasteiger partial charge in [0, 0.05) is 0 Å². The molecule has 0 N–H and O–H groups in total. The van der Waals surface area contributed by atoms with Gasteiger partial charge in [-0.05, 0) is 12.5 Å². The van der Waals surface area contributed by atoms with E-state index < -0.39 is 6.04 Å². The summed E-state index contributed by atoms with van der Waals surface area (Å²) < 4.78 is 0. The zero-order valence-corrected chi connectivity index (χ0v) is 6.54. The van der Waals surface area contributed by atoms with Crippen molar-refractivity contribution in [3.63, 3.8) is 0 Å². The number of nitrogens with zero attached hydrogens (tertiary/aromatic N) is 1. The van der Waals surface area contributed by atoms with Crippen molar-refractivity contribution >= 4 is 11.9 Å². The molecule has 0 aromatic heterocycles. The molecule has 0 aliphatic heterocycles. The van der Waals surface area contributed by atoms with Crippen molar-refractivity contribution in [1.29, 1.82) is 0 Å². The lowest BCUT2D eigenvalue weighted by Gasteiger charge is -2.02. The summed E-state index contributed by atoms with van der Waals surface area (Å²) in [4.78, 5) is 24.1. The average molecular weight is 153 g/mol. The first-order valence-electron chi connectivity index (χ1n) is 3.49. The number of hydrogen-bond donors (Lipinski definition) is 0. The van der Waals surface area contributed by atoms with Gasteiger partial charge < -0.3 is 0 Å². The smallest absolute Gasteiger partial charge is 0.235 e. The van der Waals surface area contributed by atoms with Crippen molar-refractivity contribution in [2.45, 2.75) is 25.8 Å². The van der Waals surface area contributed by atoms with Crippen LogP contribution in [-0.2, 0) is 9.59 Å². The number of hydrogen-bond acceptors (Lipinski definition) is 3. The molecule has 0 aliphatic rings. The number of ketones is 1. The third kappa shape index (κ3) is 3.48. The van der Waals surface area contributed by atoms with Gasteiger partial charge in [-0.2, -0.15) is 4.99 Å². The summed E-state index contributed by atoms with van der Waals surface area (Å²) in [6, 6.07) is -0.560. The molecule has 0 heterocycles. The van der Waals surface area contributed by atoms with Crippen LogP contribution in [0.4, 0.5) is 0 Å². The summed E-state index contributed by atoms with van der Waals surface area (Å²) in [7, 11) is 0. The molecule has 0 aromatic rings. The van der Waals surface area contributed by atoms with Crippen LogP contribution in [0.25, 0.3) is 0 Å². The number of carbonyl (C=O) groups excluding carboxylic acids is 2. The maximum Gasteiger partial charge on any atom is 0.235 e. The molecule has 0 bridgehead atoms. The average Bonchev–Trinajstić information content (AvgIpc) is 2.03. The summed E-state index contributed by atoms with van der Waals surface area (Å²) in [5, 5.41) is 0. The molecular formula is C8H11NO2. The van der Waals surface area contributed by atoms with Crippen LogP contribution in [-0.4, -0.2) is 17.9 Å². The van der Waals surface area contributed by atoms with Gasteiger partial charge in [0.2, 0.25) is 6.08 Å². The van der Waals surface area contributed by atoms with Gasteiger partial charge in [-0.25, -0.2) is 4.79 Å². The lowest BCUT2D eigenvalue weighted by Crippen LogP contribution is -2.15. The van der Waals surface area contributed by atoms with Crippen molar-refractivity contribution in [3.05, 3.63) is 12.7 Å². The molecule has 3 nitrogen and oxygen atoms in total. The van der Waals surface area contributed by atoms with Crippen molar-refractivity contribution in [1.82, 2.24) is 0 Å². The van der Waals surface area contributed by atoms with Crippen molar-refractivity contribution in [2.75, 3.05) is 0 Å². The highest BCUT2D eigenvalue weighted by molar-refractivity contribution is 5.94. The summed E-state index contributed by atoms with van der Waals surface area (Å²) in [5.41, 5.74) is 0. The topological polar surface area (TPSA) is 46.5 Å². The van der Waals surface area contributed by atoms with E-state index in [0.29, 0.717) is 6.42 Å². The first-order chi connectivity index (χ1) is 5.26. The van der Waals surface area contributed by atoms with E-state index in [2.05, 4.69) is 11.6 Å². The highest BCUT2D eigenvalue weighted by Crippen LogP contribution is 2.02. The molecule has 11 heavy (non-hydrogen) atoms. The molecule has 0 aliphatic carbocycles. The fourth-order valence-corrected chi connectivity index (χ4v) is 0.744. The van der Waals surface area contributed by atoms with E-state index in [1.54, 1.807) is 0 Å². The largest absolute Gasteiger partial charge is 0.292 e. The molecule has 0 spiro atoms. The zero-order valence-electron chi connectivity index (χ0n) is 6.54. The van der Waals surface area contributed by atoms with E-state index in [4.69, 9.17) is 0 Å². The van der Waals surface area contributed by atoms with E-state index in [1.807, 2.05) is 6.92 Å². The van der Waals surface area contributed by atoms with Gasteiger partial charge in [-0.3, -0.25) is 4.79 Å². The predicted molar refractivity (Wildman–Crippen MR) is 42.0 cm³/mol. The molecule has 0 radical (unpaired) electrons. The Labute approximate surface area is 65.8 Å². The first-order valence-corrected chi connectivity index (χ1v) is 3.49. The first kappa shape index (κ1) is 9.79. The Morgan fingerprint density at radius 3 is 2.82 bits per heavy atom. The van der Waals surface area contributed by atoms with Gasteiger partial charge in [-0.15, -0.1) is 0 Å². The van der Waals surface area contributed by atoms with Gasteiger partial charge >= 0.3 is 0 Å². The number of isocyanates is 1. The van der Waals surface area contributed by atoms with Crippen molar-refractivity contribution < 1.29 is 9.59 Å². The third-order valence-corrected chi connectivity index (χ3v) is 1.30. The SMILES string of the molecule is C=CC(=O)C(CCC)N=C=O. The highest BCUT2D eigenvalue weighted by atomic mass is 16.1. The second kappa shape index (κ2) is 5.57. The molecule has 1 unspecified atom stereocenters. The Kier molecular flexibility index (Phi) is 4.95. The van der Waals surface area contributed by atoms with Crippen molar-refractivity contribution in [2.24, 2.45) is 4.99 Å². The van der Waals surface area contributed by atoms with E-state index >= 15 is 0 Å². The Morgan fingerprint density at radius 1 is 1.82 bits per heavy atom. The minimum atomic E-state index is -0.560. The number of rotatable bonds is 5. The predicted octanol–water partition coefficient (Wildman–Crippen LogP) is 1.25. The summed E-state index contributed by atoms with van der Waals surface area (Å²) in [6.45, 7) is 5.23. The van der Waals surface area contributed by atoms with Crippen molar-refractivity contribution in [3.8, 4) is 0 Å². The lowest BCUT2D eigenvalue weighted by atomic mass is 10.1. The normalized spacial score (nSPS) is 11.4. The van der Waals surface area contributed by atoms with Gasteiger partial charge in [-0.1, -0.05) is 19.9 Å². The van der Waals surface area contributed by atoms with Crippen LogP contribution in [0.3, 0.4) is 0 Å². The zero-order chi connectivity index (χ0) is 8.69. The minimum absolute atomic E-state index is 0.213. The number of carbonyl (C=O) groups is 1. The fraction of sp³-hybridized carbons (Fsp3) is 0.500. The van der Waals surface area contributed by atoms with Gasteiger partial charge in [0.1, 0.15) is 6.04 Å². The third-order valence-electron chi connectivity index (χ3n) is 1.30. The van der Waals surface area contributed by atoms with E-state index in [9.17, 15) is 9.59 Å². The van der Waals surface area contributed by atoms with Crippen LogP contribution in [0.15, 0.2) is 17.6 Å². The molecule has 0 aromatic carbocycles. The second-order valence-corrected chi connectivity index (χ2v) is 2.13. The standard InChI is InChI=1S/C8H11NO2/c1-3-5-7(9-6-10)8(11)4-2/h4,7H,2-3,5H2,1H3. The van der Waals surface area contributed by atoms with Gasteiger partial charge in [0.25, 0.3) is 0 Å². The van der Waals surface area contributed by atoms with Crippen LogP contribution in [0, 0.1) is 0 Å². The van der Waals surface area contributed by atoms with Crippen LogP contribution in [0.5, 0.6) is 0 Å². The summed E-state index contributed by atoms with van der Waals surface area (Å²) >= 11 is 0. The minimum Gasteiger partial charge on any atom is -0.292 e. The molecule has 60 valence electrons. The quantitative estimate of drug-likeness (QED) is 0.339. The van der Waals surface area contributed by atoms with E-state index in [-0.39, 0.29) is 5.78 Å². The highest BCUT2D eigenvalue weighted by Gasteiger charge is 2.11. The summed E-state index contributed by atoms with van der Waals surface area (Å²) in [6.07, 6.45) is 3.95. The second-order valence-electron chi connectivity index (χ2n) is 2.13. The molecule has 0 rings (SSSR count). The van der Waals surface area contributed by atoms with Crippen LogP contribution < -0.4 is 0 Å². The van der Waals surface area contributed by atoms with Crippen LogP contribution >= 0.6 is 0 Å². The van der Waals surface area contributed by atoms with E-state index in [0.717, 1.165) is 6.42 Å². The maximum atomic E-state index is 10.9. The molecule has 1 atom stereocenters. The Bertz CT molecular complexity index is 192. The monoisotopic (exact) mass is 153 g/mol. The molecule has 0 amide bonds. The van der Waals surface area contributed by atoms with Gasteiger partial charge in [0.15, 0.2) is 5.78 Å². The van der Waals surface area contributed by atoms with E-state index in [1.165, 1.54) is 12.2 Å². The van der Waals surface area contributed by atoms with Gasteiger partial charge in [0.05, 0.1) is 0 Å². The Hall–Kier alpha value is -1.21. The molecular weight excluding hydrogens is 142 g/mol. The lowest BCUT2D eigenvalue weighted by molar-refractivity contribution is -0.115. The Morgan fingerprint density at radius 2 is 2.45 bits per heavy atom. The number of aliphatic imine (C=N–C) groups is 1. The molecule has 0 saturated heterocycles. The molecule has 3 heteroatoms.